The molecular formula is C25H40N8O7. The number of benzene rings is 1. The molecule has 1 rings (SSSR count). The van der Waals surface area contributed by atoms with E-state index < -0.39 is 47.4 Å². The van der Waals surface area contributed by atoms with Crippen molar-refractivity contribution >= 4 is 41.1 Å². The van der Waals surface area contributed by atoms with Crippen LogP contribution in [0.5, 0.6) is 0 Å². The maximum atomic E-state index is 12.9. The van der Waals surface area contributed by atoms with Crippen molar-refractivity contribution < 1.29 is 28.8 Å². The topological polar surface area (TPSA) is 233 Å². The Balaban J connectivity index is 2.80. The van der Waals surface area contributed by atoms with Gasteiger partial charge in [0, 0.05) is 24.4 Å². The van der Waals surface area contributed by atoms with Crippen molar-refractivity contribution in [2.24, 2.45) is 22.4 Å². The number of hydrogen-bond acceptors (Lipinski definition) is 8. The molecule has 222 valence electrons. The SMILES string of the molecule is CCCCOC(=O)N[C@@H](CC(C)C)C(=O)NCC(=O)N[C@@H](CCCN=C(N)N)C(=O)Nc1ccc([N+](=O)[O-])cc1. The van der Waals surface area contributed by atoms with Crippen molar-refractivity contribution in [2.45, 2.75) is 65.0 Å². The summed E-state index contributed by atoms with van der Waals surface area (Å²) >= 11 is 0. The van der Waals surface area contributed by atoms with Gasteiger partial charge in [-0.2, -0.15) is 0 Å². The number of non-ortho nitro benzene ring substituents is 1. The number of nitrogens with two attached hydrogens (primary N) is 2. The zero-order valence-electron chi connectivity index (χ0n) is 23.1. The van der Waals surface area contributed by atoms with Crippen LogP contribution < -0.4 is 32.7 Å². The summed E-state index contributed by atoms with van der Waals surface area (Å²) in [6, 6.07) is 3.26. The van der Waals surface area contributed by atoms with Gasteiger partial charge in [0.05, 0.1) is 18.1 Å². The van der Waals surface area contributed by atoms with E-state index in [1.54, 1.807) is 0 Å². The molecule has 2 atom stereocenters. The second kappa shape index (κ2) is 18.0. The maximum absolute atomic E-state index is 12.9. The smallest absolute Gasteiger partial charge is 0.407 e. The van der Waals surface area contributed by atoms with E-state index in [0.717, 1.165) is 6.42 Å². The highest BCUT2D eigenvalue weighted by Crippen LogP contribution is 2.16. The molecule has 0 saturated heterocycles. The van der Waals surface area contributed by atoms with E-state index in [9.17, 15) is 29.3 Å². The lowest BCUT2D eigenvalue weighted by Gasteiger charge is -2.21. The van der Waals surface area contributed by atoms with Crippen molar-refractivity contribution in [3.05, 3.63) is 34.4 Å². The Bertz CT molecular complexity index is 1030. The van der Waals surface area contributed by atoms with E-state index >= 15 is 0 Å². The molecule has 8 N–H and O–H groups in total. The van der Waals surface area contributed by atoms with Crippen molar-refractivity contribution in [3.63, 3.8) is 0 Å². The minimum absolute atomic E-state index is 0.0678. The molecule has 15 heteroatoms. The number of alkyl carbamates (subject to hydrolysis) is 1. The first-order valence-electron chi connectivity index (χ1n) is 13.0. The van der Waals surface area contributed by atoms with Gasteiger partial charge >= 0.3 is 6.09 Å². The maximum Gasteiger partial charge on any atom is 0.407 e. The second-order valence-electron chi connectivity index (χ2n) is 9.40. The minimum Gasteiger partial charge on any atom is -0.450 e. The van der Waals surface area contributed by atoms with Gasteiger partial charge in [0.2, 0.25) is 17.7 Å². The normalized spacial score (nSPS) is 12.0. The van der Waals surface area contributed by atoms with Gasteiger partial charge in [-0.1, -0.05) is 27.2 Å². The van der Waals surface area contributed by atoms with E-state index in [0.29, 0.717) is 24.9 Å². The van der Waals surface area contributed by atoms with Crippen molar-refractivity contribution in [2.75, 3.05) is 25.0 Å². The Morgan fingerprint density at radius 3 is 2.27 bits per heavy atom. The molecule has 1 aromatic rings. The van der Waals surface area contributed by atoms with Gasteiger partial charge < -0.3 is 37.5 Å². The van der Waals surface area contributed by atoms with Gasteiger partial charge in [-0.15, -0.1) is 0 Å². The predicted octanol–water partition coefficient (Wildman–Crippen LogP) is 1.13. The van der Waals surface area contributed by atoms with E-state index in [-0.39, 0.29) is 37.1 Å². The Labute approximate surface area is 233 Å². The fraction of sp³-hybridized carbons (Fsp3) is 0.560. The first-order valence-corrected chi connectivity index (χ1v) is 13.0. The number of amides is 4. The van der Waals surface area contributed by atoms with Crippen LogP contribution >= 0.6 is 0 Å². The lowest BCUT2D eigenvalue weighted by atomic mass is 10.0. The molecule has 0 spiro atoms. The molecule has 40 heavy (non-hydrogen) atoms. The van der Waals surface area contributed by atoms with E-state index in [2.05, 4.69) is 26.3 Å². The summed E-state index contributed by atoms with van der Waals surface area (Å²) in [4.78, 5) is 64.5. The number of hydrogen-bond donors (Lipinski definition) is 6. The van der Waals surface area contributed by atoms with Crippen LogP contribution in [0.3, 0.4) is 0 Å². The number of unbranched alkanes of at least 4 members (excludes halogenated alkanes) is 1. The molecule has 15 nitrogen and oxygen atoms in total. The molecule has 0 heterocycles. The highest BCUT2D eigenvalue weighted by atomic mass is 16.6. The van der Waals surface area contributed by atoms with Crippen LogP contribution in [-0.2, 0) is 19.1 Å². The molecular weight excluding hydrogens is 524 g/mol. The zero-order chi connectivity index (χ0) is 30.1. The molecule has 0 aromatic heterocycles. The van der Waals surface area contributed by atoms with Crippen molar-refractivity contribution in [1.29, 1.82) is 0 Å². The number of rotatable bonds is 17. The number of carbonyl (C=O) groups excluding carboxylic acids is 4. The summed E-state index contributed by atoms with van der Waals surface area (Å²) in [6.07, 6.45) is 1.66. The van der Waals surface area contributed by atoms with Gasteiger partial charge in [-0.25, -0.2) is 4.79 Å². The lowest BCUT2D eigenvalue weighted by Crippen LogP contribution is -2.51. The Morgan fingerprint density at radius 1 is 1.02 bits per heavy atom. The van der Waals surface area contributed by atoms with E-state index in [1.807, 2.05) is 20.8 Å². The third-order valence-electron chi connectivity index (χ3n) is 5.41. The van der Waals surface area contributed by atoms with Gasteiger partial charge in [0.25, 0.3) is 5.69 Å². The average molecular weight is 565 g/mol. The van der Waals surface area contributed by atoms with Crippen LogP contribution in [0.2, 0.25) is 0 Å². The van der Waals surface area contributed by atoms with Crippen LogP contribution in [0.25, 0.3) is 0 Å². The number of nitro benzene ring substituents is 1. The van der Waals surface area contributed by atoms with Gasteiger partial charge in [0.1, 0.15) is 12.1 Å². The van der Waals surface area contributed by atoms with Crippen LogP contribution in [0.4, 0.5) is 16.2 Å². The standard InChI is InChI=1S/C25H40N8O7/c1-4-5-13-40-25(37)32-20(14-16(2)3)22(35)29-15-21(34)31-19(7-6-12-28-24(26)27)23(36)30-17-8-10-18(11-9-17)33(38)39/h8-11,16,19-20H,4-7,12-15H2,1-3H3,(H,29,35)(H,30,36)(H,31,34)(H,32,37)(H4,26,27,28)/t19-,20-/m0/s1. The van der Waals surface area contributed by atoms with Crippen LogP contribution in [0, 0.1) is 16.0 Å². The number of anilines is 1. The summed E-state index contributed by atoms with van der Waals surface area (Å²) in [5.41, 5.74) is 10.8. The largest absolute Gasteiger partial charge is 0.450 e. The highest BCUT2D eigenvalue weighted by Gasteiger charge is 2.25. The zero-order valence-corrected chi connectivity index (χ0v) is 23.1. The monoisotopic (exact) mass is 564 g/mol. The van der Waals surface area contributed by atoms with Crippen molar-refractivity contribution in [3.8, 4) is 0 Å². The number of guanidine groups is 1. The third kappa shape index (κ3) is 13.9. The molecule has 0 bridgehead atoms. The molecule has 0 fully saturated rings. The molecule has 0 aliphatic rings. The molecule has 0 aliphatic heterocycles. The average Bonchev–Trinajstić information content (AvgIpc) is 2.88. The Hall–Kier alpha value is -4.43. The molecule has 0 saturated carbocycles. The van der Waals surface area contributed by atoms with Crippen LogP contribution in [0.1, 0.15) is 52.9 Å². The fourth-order valence-corrected chi connectivity index (χ4v) is 3.40. The predicted molar refractivity (Wildman–Crippen MR) is 149 cm³/mol. The quantitative estimate of drug-likeness (QED) is 0.0522. The number of carbonyl (C=O) groups is 4. The number of nitrogens with zero attached hydrogens (tertiary/aromatic N) is 2. The first kappa shape index (κ1) is 33.6. The van der Waals surface area contributed by atoms with Crippen LogP contribution in [0.15, 0.2) is 29.3 Å². The van der Waals surface area contributed by atoms with Crippen LogP contribution in [-0.4, -0.2) is 66.5 Å². The molecule has 4 amide bonds. The number of ether oxygens (including phenoxy) is 1. The molecule has 1 aromatic carbocycles. The molecule has 0 aliphatic carbocycles. The van der Waals surface area contributed by atoms with E-state index in [1.165, 1.54) is 24.3 Å². The van der Waals surface area contributed by atoms with E-state index in [4.69, 9.17) is 16.2 Å². The fourth-order valence-electron chi connectivity index (χ4n) is 3.40. The highest BCUT2D eigenvalue weighted by molar-refractivity contribution is 5.98. The Morgan fingerprint density at radius 2 is 1.70 bits per heavy atom. The lowest BCUT2D eigenvalue weighted by molar-refractivity contribution is -0.384. The first-order chi connectivity index (χ1) is 18.9. The number of nitro groups is 1. The number of nitrogens with one attached hydrogen (secondary N) is 4. The second-order valence-corrected chi connectivity index (χ2v) is 9.40. The number of aliphatic imine (C=N–C) groups is 1. The third-order valence-corrected chi connectivity index (χ3v) is 5.41. The van der Waals surface area contributed by atoms with Crippen molar-refractivity contribution in [1.82, 2.24) is 16.0 Å². The summed E-state index contributed by atoms with van der Waals surface area (Å²) < 4.78 is 5.07. The summed E-state index contributed by atoms with van der Waals surface area (Å²) in [5, 5.41) is 21.0. The molecule has 0 unspecified atom stereocenters. The van der Waals surface area contributed by atoms with Gasteiger partial charge in [-0.3, -0.25) is 29.5 Å². The minimum atomic E-state index is -1.02. The van der Waals surface area contributed by atoms with Gasteiger partial charge in [0.15, 0.2) is 5.96 Å². The molecule has 0 radical (unpaired) electrons. The summed E-state index contributed by atoms with van der Waals surface area (Å²) in [7, 11) is 0. The Kier molecular flexibility index (Phi) is 15.1. The summed E-state index contributed by atoms with van der Waals surface area (Å²) in [6.45, 7) is 5.71. The summed E-state index contributed by atoms with van der Waals surface area (Å²) in [5.74, 6) is -1.84. The van der Waals surface area contributed by atoms with Gasteiger partial charge in [-0.05, 0) is 43.7 Å².